The van der Waals surface area contributed by atoms with Crippen molar-refractivity contribution in [1.29, 1.82) is 5.26 Å². The monoisotopic (exact) mass is 475 g/mol. The SMILES string of the molecule is CCc1ccc(CC(=O)N/N=C/c2ccc(OCc3ccccc3C#N)c(Br)c2)cc1. The van der Waals surface area contributed by atoms with Crippen molar-refractivity contribution in [2.24, 2.45) is 5.10 Å². The van der Waals surface area contributed by atoms with E-state index >= 15 is 0 Å². The van der Waals surface area contributed by atoms with Gasteiger partial charge in [-0.25, -0.2) is 5.43 Å². The maximum absolute atomic E-state index is 12.1. The second-order valence-electron chi connectivity index (χ2n) is 6.89. The summed E-state index contributed by atoms with van der Waals surface area (Å²) in [5.41, 5.74) is 6.99. The fraction of sp³-hybridized carbons (Fsp3) is 0.160. The average molecular weight is 476 g/mol. The molecule has 0 fully saturated rings. The van der Waals surface area contributed by atoms with Crippen LogP contribution < -0.4 is 10.2 Å². The molecule has 3 aromatic rings. The Bertz CT molecular complexity index is 1120. The van der Waals surface area contributed by atoms with Crippen molar-refractivity contribution in [2.75, 3.05) is 0 Å². The maximum Gasteiger partial charge on any atom is 0.244 e. The van der Waals surface area contributed by atoms with E-state index in [1.807, 2.05) is 60.7 Å². The second kappa shape index (κ2) is 11.1. The molecule has 0 aliphatic rings. The van der Waals surface area contributed by atoms with E-state index in [9.17, 15) is 10.1 Å². The molecular weight excluding hydrogens is 454 g/mol. The number of nitrogens with zero attached hydrogens (tertiary/aromatic N) is 2. The molecule has 0 unspecified atom stereocenters. The lowest BCUT2D eigenvalue weighted by Crippen LogP contribution is -2.19. The van der Waals surface area contributed by atoms with E-state index in [1.165, 1.54) is 5.56 Å². The normalized spacial score (nSPS) is 10.6. The lowest BCUT2D eigenvalue weighted by atomic mass is 10.1. The molecule has 5 nitrogen and oxygen atoms in total. The molecule has 31 heavy (non-hydrogen) atoms. The smallest absolute Gasteiger partial charge is 0.244 e. The Morgan fingerprint density at radius 2 is 1.87 bits per heavy atom. The molecule has 0 saturated heterocycles. The van der Waals surface area contributed by atoms with Crippen molar-refractivity contribution in [3.8, 4) is 11.8 Å². The number of rotatable bonds is 8. The number of benzene rings is 3. The lowest BCUT2D eigenvalue weighted by Gasteiger charge is -2.10. The van der Waals surface area contributed by atoms with Crippen molar-refractivity contribution in [3.63, 3.8) is 0 Å². The molecule has 0 spiro atoms. The third-order valence-corrected chi connectivity index (χ3v) is 5.30. The van der Waals surface area contributed by atoms with Gasteiger partial charge < -0.3 is 4.74 Å². The fourth-order valence-corrected chi connectivity index (χ4v) is 3.43. The molecule has 3 rings (SSSR count). The van der Waals surface area contributed by atoms with Gasteiger partial charge in [0.1, 0.15) is 12.4 Å². The number of hydrazone groups is 1. The Labute approximate surface area is 190 Å². The number of hydrogen-bond acceptors (Lipinski definition) is 4. The number of ether oxygens (including phenoxy) is 1. The minimum Gasteiger partial charge on any atom is -0.488 e. The molecule has 0 bridgehead atoms. The molecule has 0 radical (unpaired) electrons. The van der Waals surface area contributed by atoms with Crippen molar-refractivity contribution in [1.82, 2.24) is 5.43 Å². The van der Waals surface area contributed by atoms with Gasteiger partial charge in [0, 0.05) is 5.56 Å². The Balaban J connectivity index is 1.53. The number of halogens is 1. The van der Waals surface area contributed by atoms with Crippen molar-refractivity contribution >= 4 is 28.1 Å². The van der Waals surface area contributed by atoms with E-state index in [0.29, 0.717) is 17.9 Å². The van der Waals surface area contributed by atoms with Gasteiger partial charge in [-0.3, -0.25) is 4.79 Å². The third kappa shape index (κ3) is 6.53. The summed E-state index contributed by atoms with van der Waals surface area (Å²) in [5.74, 6) is 0.486. The van der Waals surface area contributed by atoms with Crippen molar-refractivity contribution in [2.45, 2.75) is 26.4 Å². The highest BCUT2D eigenvalue weighted by atomic mass is 79.9. The summed E-state index contributed by atoms with van der Waals surface area (Å²) in [6, 6.07) is 23.0. The third-order valence-electron chi connectivity index (χ3n) is 4.68. The second-order valence-corrected chi connectivity index (χ2v) is 7.74. The number of hydrogen-bond donors (Lipinski definition) is 1. The minimum atomic E-state index is -0.171. The molecule has 1 N–H and O–H groups in total. The van der Waals surface area contributed by atoms with Crippen LogP contribution >= 0.6 is 15.9 Å². The van der Waals surface area contributed by atoms with Crippen molar-refractivity contribution < 1.29 is 9.53 Å². The first-order chi connectivity index (χ1) is 15.1. The average Bonchev–Trinajstić information content (AvgIpc) is 2.79. The Kier molecular flexibility index (Phi) is 7.97. The first kappa shape index (κ1) is 22.3. The van der Waals surface area contributed by atoms with Crippen LogP contribution in [0.3, 0.4) is 0 Å². The predicted molar refractivity (Wildman–Crippen MR) is 125 cm³/mol. The van der Waals surface area contributed by atoms with Crippen LogP contribution in [0.2, 0.25) is 0 Å². The molecule has 0 aliphatic heterocycles. The fourth-order valence-electron chi connectivity index (χ4n) is 2.92. The molecule has 0 aliphatic carbocycles. The highest BCUT2D eigenvalue weighted by Gasteiger charge is 2.06. The number of nitrogens with one attached hydrogen (secondary N) is 1. The molecule has 3 aromatic carbocycles. The van der Waals surface area contributed by atoms with E-state index in [1.54, 1.807) is 12.3 Å². The zero-order valence-corrected chi connectivity index (χ0v) is 18.7. The number of carbonyl (C=O) groups excluding carboxylic acids is 1. The molecule has 0 saturated carbocycles. The van der Waals surface area contributed by atoms with Crippen LogP contribution in [0.5, 0.6) is 5.75 Å². The van der Waals surface area contributed by atoms with Gasteiger partial charge in [-0.05, 0) is 63.3 Å². The van der Waals surface area contributed by atoms with Crippen LogP contribution in [-0.4, -0.2) is 12.1 Å². The summed E-state index contributed by atoms with van der Waals surface area (Å²) in [7, 11) is 0. The number of nitriles is 1. The van der Waals surface area contributed by atoms with Gasteiger partial charge in [0.15, 0.2) is 0 Å². The summed E-state index contributed by atoms with van der Waals surface area (Å²) >= 11 is 3.49. The van der Waals surface area contributed by atoms with Crippen LogP contribution in [0.15, 0.2) is 76.3 Å². The van der Waals surface area contributed by atoms with Crippen LogP contribution in [-0.2, 0) is 24.2 Å². The summed E-state index contributed by atoms with van der Waals surface area (Å²) < 4.78 is 6.59. The van der Waals surface area contributed by atoms with Crippen LogP contribution in [0.4, 0.5) is 0 Å². The highest BCUT2D eigenvalue weighted by molar-refractivity contribution is 9.10. The quantitative estimate of drug-likeness (QED) is 0.361. The Morgan fingerprint density at radius 1 is 1.13 bits per heavy atom. The lowest BCUT2D eigenvalue weighted by molar-refractivity contribution is -0.120. The van der Waals surface area contributed by atoms with Gasteiger partial charge in [-0.15, -0.1) is 0 Å². The van der Waals surface area contributed by atoms with Gasteiger partial charge in [0.05, 0.1) is 28.7 Å². The van der Waals surface area contributed by atoms with Gasteiger partial charge in [-0.1, -0.05) is 49.4 Å². The van der Waals surface area contributed by atoms with Crippen LogP contribution in [0.1, 0.15) is 34.7 Å². The van der Waals surface area contributed by atoms with E-state index in [4.69, 9.17) is 4.74 Å². The van der Waals surface area contributed by atoms with Crippen molar-refractivity contribution in [3.05, 3.63) is 99.0 Å². The largest absolute Gasteiger partial charge is 0.488 e. The zero-order chi connectivity index (χ0) is 22.1. The molecule has 0 aromatic heterocycles. The standard InChI is InChI=1S/C25H22BrN3O2/c1-2-18-7-9-19(10-8-18)14-25(30)29-28-16-20-11-12-24(23(26)13-20)31-17-22-6-4-3-5-21(22)15-27/h3-13,16H,2,14,17H2,1H3,(H,29,30)/b28-16+. The molecule has 0 heterocycles. The highest BCUT2D eigenvalue weighted by Crippen LogP contribution is 2.26. The van der Waals surface area contributed by atoms with Gasteiger partial charge >= 0.3 is 0 Å². The molecular formula is C25H22BrN3O2. The van der Waals surface area contributed by atoms with Crippen LogP contribution in [0.25, 0.3) is 0 Å². The topological polar surface area (TPSA) is 74.5 Å². The predicted octanol–water partition coefficient (Wildman–Crippen LogP) is 5.15. The first-order valence-electron chi connectivity index (χ1n) is 9.89. The number of aryl methyl sites for hydroxylation is 1. The van der Waals surface area contributed by atoms with E-state index in [2.05, 4.69) is 39.5 Å². The Morgan fingerprint density at radius 3 is 2.58 bits per heavy atom. The molecule has 0 atom stereocenters. The molecule has 156 valence electrons. The molecule has 1 amide bonds. The van der Waals surface area contributed by atoms with Gasteiger partial charge in [0.2, 0.25) is 5.91 Å². The van der Waals surface area contributed by atoms with Gasteiger partial charge in [-0.2, -0.15) is 10.4 Å². The summed E-state index contributed by atoms with van der Waals surface area (Å²) in [5, 5.41) is 13.2. The van der Waals surface area contributed by atoms with E-state index in [0.717, 1.165) is 27.6 Å². The summed E-state index contributed by atoms with van der Waals surface area (Å²) in [6.07, 6.45) is 2.84. The zero-order valence-electron chi connectivity index (χ0n) is 17.1. The first-order valence-corrected chi connectivity index (χ1v) is 10.7. The maximum atomic E-state index is 12.1. The van der Waals surface area contributed by atoms with E-state index < -0.39 is 0 Å². The van der Waals surface area contributed by atoms with E-state index in [-0.39, 0.29) is 12.3 Å². The van der Waals surface area contributed by atoms with Crippen LogP contribution in [0, 0.1) is 11.3 Å². The molecule has 6 heteroatoms. The van der Waals surface area contributed by atoms with Gasteiger partial charge in [0.25, 0.3) is 0 Å². The number of carbonyl (C=O) groups is 1. The summed E-state index contributed by atoms with van der Waals surface area (Å²) in [4.78, 5) is 12.1. The minimum absolute atomic E-state index is 0.171. The summed E-state index contributed by atoms with van der Waals surface area (Å²) in [6.45, 7) is 2.40. The number of amides is 1. The Hall–Kier alpha value is -3.43.